The van der Waals surface area contributed by atoms with E-state index >= 15 is 0 Å². The highest BCUT2D eigenvalue weighted by atomic mass is 16.7. The third kappa shape index (κ3) is 3.68. The summed E-state index contributed by atoms with van der Waals surface area (Å²) in [6, 6.07) is 8.01. The van der Waals surface area contributed by atoms with E-state index < -0.39 is 29.9 Å². The molecule has 1 aromatic carbocycles. The number of amides is 4. The molecule has 5 aliphatic rings. The lowest BCUT2D eigenvalue weighted by Crippen LogP contribution is -2.56. The standard InChI is InChI=1S/C25H27N3O6/c29-21-11-19-15-6-7-16(8-15)22(19)23(30)28(21)34-24(31)20-10-17-9-18(17)12-27(20)25(32)26-33-13-14-4-2-1-3-5-14/h1-7,15-20,22H,8-13H2,(H,26,32)/t15-,16+,17?,18+,19?,20+,22?/m1/s1. The lowest BCUT2D eigenvalue weighted by atomic mass is 9.78. The van der Waals surface area contributed by atoms with Crippen molar-refractivity contribution in [3.63, 3.8) is 0 Å². The van der Waals surface area contributed by atoms with Crippen LogP contribution < -0.4 is 5.48 Å². The molecule has 178 valence electrons. The number of fused-ring (bicyclic) bond motifs is 6. The van der Waals surface area contributed by atoms with Crippen molar-refractivity contribution in [3.8, 4) is 0 Å². The number of hydroxylamine groups is 3. The van der Waals surface area contributed by atoms with Crippen LogP contribution in [-0.4, -0.2) is 46.4 Å². The van der Waals surface area contributed by atoms with E-state index in [0.29, 0.717) is 29.9 Å². The van der Waals surface area contributed by atoms with E-state index in [1.54, 1.807) is 0 Å². The van der Waals surface area contributed by atoms with Crippen molar-refractivity contribution in [2.75, 3.05) is 6.54 Å². The maximum absolute atomic E-state index is 13.1. The first kappa shape index (κ1) is 21.3. The molecule has 2 saturated carbocycles. The fraction of sp³-hybridized carbons (Fsp3) is 0.520. The summed E-state index contributed by atoms with van der Waals surface area (Å²) < 4.78 is 0. The van der Waals surface area contributed by atoms with Crippen LogP contribution in [0.15, 0.2) is 42.5 Å². The van der Waals surface area contributed by atoms with E-state index in [9.17, 15) is 19.2 Å². The molecule has 0 aromatic heterocycles. The molecule has 9 nitrogen and oxygen atoms in total. The van der Waals surface area contributed by atoms with E-state index in [1.807, 2.05) is 36.4 Å². The fourth-order valence-electron chi connectivity index (χ4n) is 6.24. The molecule has 7 atom stereocenters. The van der Waals surface area contributed by atoms with Gasteiger partial charge in [0.2, 0.25) is 0 Å². The number of hydrogen-bond acceptors (Lipinski definition) is 6. The number of carbonyl (C=O) groups is 4. The van der Waals surface area contributed by atoms with E-state index in [0.717, 1.165) is 18.4 Å². The van der Waals surface area contributed by atoms with Gasteiger partial charge in [0.25, 0.3) is 11.8 Å². The monoisotopic (exact) mass is 465 g/mol. The summed E-state index contributed by atoms with van der Waals surface area (Å²) >= 11 is 0. The number of imide groups is 1. The average Bonchev–Trinajstić information content (AvgIpc) is 3.31. The first-order valence-corrected chi connectivity index (χ1v) is 12.0. The van der Waals surface area contributed by atoms with Crippen molar-refractivity contribution in [1.29, 1.82) is 0 Å². The Morgan fingerprint density at radius 1 is 1.00 bits per heavy atom. The molecule has 2 bridgehead atoms. The van der Waals surface area contributed by atoms with Gasteiger partial charge in [0.15, 0.2) is 0 Å². The first-order valence-electron chi connectivity index (χ1n) is 12.0. The number of urea groups is 1. The molecule has 34 heavy (non-hydrogen) atoms. The molecular formula is C25H27N3O6. The van der Waals surface area contributed by atoms with Gasteiger partial charge in [-0.15, -0.1) is 5.06 Å². The molecule has 2 aliphatic heterocycles. The number of rotatable bonds is 5. The quantitative estimate of drug-likeness (QED) is 0.406. The molecule has 4 fully saturated rings. The molecule has 6 rings (SSSR count). The summed E-state index contributed by atoms with van der Waals surface area (Å²) in [5.41, 5.74) is 3.32. The van der Waals surface area contributed by atoms with Crippen LogP contribution in [0.5, 0.6) is 0 Å². The van der Waals surface area contributed by atoms with Gasteiger partial charge >= 0.3 is 12.0 Å². The number of benzene rings is 1. The molecule has 4 amide bonds. The summed E-state index contributed by atoms with van der Waals surface area (Å²) in [5, 5.41) is 0.666. The highest BCUT2D eigenvalue weighted by Crippen LogP contribution is 2.52. The molecule has 1 aromatic rings. The molecular weight excluding hydrogens is 438 g/mol. The molecule has 2 heterocycles. The fourth-order valence-corrected chi connectivity index (χ4v) is 6.24. The van der Waals surface area contributed by atoms with Crippen molar-refractivity contribution in [2.45, 2.75) is 38.3 Å². The Hall–Kier alpha value is -3.20. The Morgan fingerprint density at radius 3 is 2.62 bits per heavy atom. The predicted molar refractivity (Wildman–Crippen MR) is 117 cm³/mol. The highest BCUT2D eigenvalue weighted by Gasteiger charge is 2.56. The molecule has 1 N–H and O–H groups in total. The van der Waals surface area contributed by atoms with Crippen LogP contribution in [0.4, 0.5) is 4.79 Å². The van der Waals surface area contributed by atoms with Crippen molar-refractivity contribution in [3.05, 3.63) is 48.0 Å². The number of nitrogens with zero attached hydrogens (tertiary/aromatic N) is 2. The maximum atomic E-state index is 13.1. The van der Waals surface area contributed by atoms with E-state index in [-0.39, 0.29) is 36.7 Å². The van der Waals surface area contributed by atoms with Crippen molar-refractivity contribution < 1.29 is 28.9 Å². The minimum atomic E-state index is -0.873. The summed E-state index contributed by atoms with van der Waals surface area (Å²) in [6.45, 7) is 0.601. The van der Waals surface area contributed by atoms with E-state index in [4.69, 9.17) is 9.68 Å². The first-order chi connectivity index (χ1) is 16.5. The molecule has 2 saturated heterocycles. The Labute approximate surface area is 196 Å². The van der Waals surface area contributed by atoms with Crippen LogP contribution in [0.3, 0.4) is 0 Å². The largest absolute Gasteiger partial charge is 0.355 e. The van der Waals surface area contributed by atoms with Crippen LogP contribution in [0.25, 0.3) is 0 Å². The number of carbonyl (C=O) groups excluding carboxylic acids is 4. The number of allylic oxidation sites excluding steroid dienone is 2. The van der Waals surface area contributed by atoms with Gasteiger partial charge in [-0.3, -0.25) is 14.4 Å². The topological polar surface area (TPSA) is 105 Å². The minimum absolute atomic E-state index is 0.00380. The Balaban J connectivity index is 1.11. The summed E-state index contributed by atoms with van der Waals surface area (Å²) in [5.74, 6) is -0.937. The second-order valence-electron chi connectivity index (χ2n) is 10.1. The maximum Gasteiger partial charge on any atom is 0.355 e. The molecule has 9 heteroatoms. The zero-order chi connectivity index (χ0) is 23.4. The average molecular weight is 466 g/mol. The lowest BCUT2D eigenvalue weighted by molar-refractivity contribution is -0.214. The summed E-state index contributed by atoms with van der Waals surface area (Å²) in [4.78, 5) is 63.9. The van der Waals surface area contributed by atoms with Crippen LogP contribution >= 0.6 is 0 Å². The third-order valence-corrected chi connectivity index (χ3v) is 8.10. The zero-order valence-electron chi connectivity index (χ0n) is 18.7. The summed E-state index contributed by atoms with van der Waals surface area (Å²) in [6.07, 6.45) is 6.60. The molecule has 3 aliphatic carbocycles. The van der Waals surface area contributed by atoms with E-state index in [1.165, 1.54) is 4.90 Å². The molecule has 3 unspecified atom stereocenters. The van der Waals surface area contributed by atoms with Gasteiger partial charge in [-0.05, 0) is 54.4 Å². The van der Waals surface area contributed by atoms with Crippen LogP contribution in [0, 0.1) is 35.5 Å². The zero-order valence-corrected chi connectivity index (χ0v) is 18.7. The second kappa shape index (κ2) is 8.23. The van der Waals surface area contributed by atoms with Crippen LogP contribution in [0.1, 0.15) is 31.2 Å². The van der Waals surface area contributed by atoms with Crippen LogP contribution in [0.2, 0.25) is 0 Å². The predicted octanol–water partition coefficient (Wildman–Crippen LogP) is 2.19. The van der Waals surface area contributed by atoms with Crippen molar-refractivity contribution in [1.82, 2.24) is 15.4 Å². The highest BCUT2D eigenvalue weighted by molar-refractivity contribution is 6.00. The Bertz CT molecular complexity index is 1060. The lowest BCUT2D eigenvalue weighted by Gasteiger charge is -2.37. The van der Waals surface area contributed by atoms with E-state index in [2.05, 4.69) is 11.6 Å². The normalized spacial score (nSPS) is 35.1. The minimum Gasteiger partial charge on any atom is -0.328 e. The van der Waals surface area contributed by atoms with Gasteiger partial charge in [0, 0.05) is 13.0 Å². The van der Waals surface area contributed by atoms with Crippen LogP contribution in [-0.2, 0) is 30.7 Å². The third-order valence-electron chi connectivity index (χ3n) is 8.10. The van der Waals surface area contributed by atoms with Gasteiger partial charge in [0.05, 0.1) is 12.5 Å². The number of likely N-dealkylation sites (tertiary alicyclic amines) is 1. The number of hydrogen-bond donors (Lipinski definition) is 1. The molecule has 0 spiro atoms. The van der Waals surface area contributed by atoms with Gasteiger partial charge in [-0.2, -0.15) is 0 Å². The number of piperidine rings is 2. The van der Waals surface area contributed by atoms with Crippen molar-refractivity contribution >= 4 is 23.8 Å². The Morgan fingerprint density at radius 2 is 1.79 bits per heavy atom. The Kier molecular flexibility index (Phi) is 5.17. The van der Waals surface area contributed by atoms with Gasteiger partial charge in [-0.25, -0.2) is 15.1 Å². The van der Waals surface area contributed by atoms with Crippen molar-refractivity contribution in [2.24, 2.45) is 35.5 Å². The SMILES string of the molecule is O=C(ON1C(=O)CC2C(C1=O)[C@H]1C=C[C@@H]2C1)[C@@H]1CC2C[C@H]2CN1C(=O)NOCc1ccccc1. The molecule has 0 radical (unpaired) electrons. The van der Waals surface area contributed by atoms with Gasteiger partial charge in [-0.1, -0.05) is 42.5 Å². The number of nitrogens with one attached hydrogen (secondary N) is 1. The second-order valence-corrected chi connectivity index (χ2v) is 10.1. The van der Waals surface area contributed by atoms with Gasteiger partial charge < -0.3 is 9.74 Å². The van der Waals surface area contributed by atoms with Gasteiger partial charge in [0.1, 0.15) is 6.04 Å². The summed E-state index contributed by atoms with van der Waals surface area (Å²) in [7, 11) is 0. The smallest absolute Gasteiger partial charge is 0.328 e.